The highest BCUT2D eigenvalue weighted by Crippen LogP contribution is 2.29. The van der Waals surface area contributed by atoms with Gasteiger partial charge in [-0.2, -0.15) is 13.2 Å². The van der Waals surface area contributed by atoms with Crippen LogP contribution < -0.4 is 5.32 Å². The van der Waals surface area contributed by atoms with Crippen LogP contribution in [0, 0.1) is 0 Å². The summed E-state index contributed by atoms with van der Waals surface area (Å²) in [5, 5.41) is 12.6. The average molecular weight is 330 g/mol. The van der Waals surface area contributed by atoms with Gasteiger partial charge >= 0.3 is 6.18 Å². The maximum Gasteiger partial charge on any atom is 0.416 e. The maximum atomic E-state index is 12.5. The van der Waals surface area contributed by atoms with E-state index in [9.17, 15) is 27.9 Å². The topological polar surface area (TPSA) is 69.6 Å². The molecule has 23 heavy (non-hydrogen) atoms. The Hall–Kier alpha value is -2.09. The number of benzene rings is 1. The van der Waals surface area contributed by atoms with Gasteiger partial charge in [-0.15, -0.1) is 0 Å². The smallest absolute Gasteiger partial charge is 0.389 e. The minimum absolute atomic E-state index is 0.0826. The number of aliphatic hydroxyl groups is 1. The Labute approximate surface area is 131 Å². The van der Waals surface area contributed by atoms with Crippen molar-refractivity contribution in [1.82, 2.24) is 10.2 Å². The van der Waals surface area contributed by atoms with Gasteiger partial charge in [0, 0.05) is 25.6 Å². The van der Waals surface area contributed by atoms with Crippen molar-refractivity contribution in [2.45, 2.75) is 31.7 Å². The Morgan fingerprint density at radius 2 is 1.87 bits per heavy atom. The van der Waals surface area contributed by atoms with E-state index in [2.05, 4.69) is 5.32 Å². The fourth-order valence-electron chi connectivity index (χ4n) is 2.45. The molecule has 1 aromatic rings. The molecule has 2 rings (SSSR count). The summed E-state index contributed by atoms with van der Waals surface area (Å²) >= 11 is 0. The van der Waals surface area contributed by atoms with Crippen molar-refractivity contribution in [1.29, 1.82) is 0 Å². The van der Waals surface area contributed by atoms with Gasteiger partial charge in [0.1, 0.15) is 0 Å². The van der Waals surface area contributed by atoms with Crippen LogP contribution in [-0.4, -0.2) is 47.1 Å². The van der Waals surface area contributed by atoms with Gasteiger partial charge in [0.2, 0.25) is 5.91 Å². The molecule has 0 unspecified atom stereocenters. The van der Waals surface area contributed by atoms with Crippen LogP contribution in [0.4, 0.5) is 13.2 Å². The van der Waals surface area contributed by atoms with E-state index in [0.717, 1.165) is 24.3 Å². The highest BCUT2D eigenvalue weighted by molar-refractivity contribution is 5.94. The predicted octanol–water partition coefficient (Wildman–Crippen LogP) is 1.42. The number of aliphatic hydroxyl groups excluding tert-OH is 1. The zero-order valence-corrected chi connectivity index (χ0v) is 12.4. The molecule has 0 radical (unpaired) electrons. The second kappa shape index (κ2) is 6.57. The number of β-amino-alcohol motifs (C(OH)–C–C–N with tert-alkyl or cyclic N) is 1. The minimum atomic E-state index is -4.45. The van der Waals surface area contributed by atoms with Gasteiger partial charge in [-0.05, 0) is 30.7 Å². The van der Waals surface area contributed by atoms with Gasteiger partial charge < -0.3 is 15.3 Å². The number of hydrogen-bond acceptors (Lipinski definition) is 3. The second-order valence-electron chi connectivity index (χ2n) is 5.48. The van der Waals surface area contributed by atoms with E-state index in [0.29, 0.717) is 13.0 Å². The van der Waals surface area contributed by atoms with Crippen LogP contribution in [-0.2, 0) is 11.0 Å². The molecule has 1 saturated heterocycles. The SMILES string of the molecule is CC(=O)N1CC[C@@H](NC(=O)c2ccc(C(F)(F)F)cc2)[C@H](O)C1. The summed E-state index contributed by atoms with van der Waals surface area (Å²) in [5.41, 5.74) is -0.747. The van der Waals surface area contributed by atoms with Crippen molar-refractivity contribution >= 4 is 11.8 Å². The van der Waals surface area contributed by atoms with E-state index in [1.165, 1.54) is 11.8 Å². The molecule has 5 nitrogen and oxygen atoms in total. The Balaban J connectivity index is 1.98. The average Bonchev–Trinajstić information content (AvgIpc) is 2.48. The molecule has 0 saturated carbocycles. The predicted molar refractivity (Wildman–Crippen MR) is 75.6 cm³/mol. The number of nitrogens with one attached hydrogen (secondary N) is 1. The van der Waals surface area contributed by atoms with E-state index >= 15 is 0 Å². The monoisotopic (exact) mass is 330 g/mol. The number of carbonyl (C=O) groups excluding carboxylic acids is 2. The Morgan fingerprint density at radius 1 is 1.26 bits per heavy atom. The van der Waals surface area contributed by atoms with Gasteiger partial charge in [0.05, 0.1) is 17.7 Å². The fourth-order valence-corrected chi connectivity index (χ4v) is 2.45. The number of hydrogen-bond donors (Lipinski definition) is 2. The molecule has 1 aliphatic heterocycles. The van der Waals surface area contributed by atoms with Crippen LogP contribution >= 0.6 is 0 Å². The molecule has 1 aromatic carbocycles. The van der Waals surface area contributed by atoms with Crippen LogP contribution in [0.2, 0.25) is 0 Å². The summed E-state index contributed by atoms with van der Waals surface area (Å²) in [7, 11) is 0. The van der Waals surface area contributed by atoms with Crippen molar-refractivity contribution in [3.05, 3.63) is 35.4 Å². The van der Waals surface area contributed by atoms with E-state index in [1.807, 2.05) is 0 Å². The van der Waals surface area contributed by atoms with Gasteiger partial charge in [-0.25, -0.2) is 0 Å². The minimum Gasteiger partial charge on any atom is -0.389 e. The number of likely N-dealkylation sites (tertiary alicyclic amines) is 1. The normalized spacial score (nSPS) is 21.9. The molecule has 2 amide bonds. The third-order valence-corrected chi connectivity index (χ3v) is 3.82. The quantitative estimate of drug-likeness (QED) is 0.862. The van der Waals surface area contributed by atoms with E-state index in [-0.39, 0.29) is 18.0 Å². The Kier molecular flexibility index (Phi) is 4.93. The highest BCUT2D eigenvalue weighted by Gasteiger charge is 2.32. The van der Waals surface area contributed by atoms with Crippen molar-refractivity contribution in [2.24, 2.45) is 0 Å². The van der Waals surface area contributed by atoms with Crippen LogP contribution in [0.25, 0.3) is 0 Å². The van der Waals surface area contributed by atoms with E-state index in [1.54, 1.807) is 0 Å². The van der Waals surface area contributed by atoms with E-state index < -0.39 is 29.8 Å². The molecule has 1 fully saturated rings. The van der Waals surface area contributed by atoms with Gasteiger partial charge in [-0.1, -0.05) is 0 Å². The van der Waals surface area contributed by atoms with Crippen molar-refractivity contribution in [2.75, 3.05) is 13.1 Å². The zero-order chi connectivity index (χ0) is 17.2. The van der Waals surface area contributed by atoms with Crippen LogP contribution in [0.15, 0.2) is 24.3 Å². The number of halogens is 3. The molecule has 0 spiro atoms. The Morgan fingerprint density at radius 3 is 2.35 bits per heavy atom. The molecule has 0 aromatic heterocycles. The number of nitrogens with zero attached hydrogens (tertiary/aromatic N) is 1. The lowest BCUT2D eigenvalue weighted by atomic mass is 10.0. The first-order chi connectivity index (χ1) is 10.7. The molecule has 126 valence electrons. The standard InChI is InChI=1S/C15H17F3N2O3/c1-9(21)20-7-6-12(13(22)8-20)19-14(23)10-2-4-11(5-3-10)15(16,17)18/h2-5,12-13,22H,6-8H2,1H3,(H,19,23)/t12-,13-/m1/s1. The highest BCUT2D eigenvalue weighted by atomic mass is 19.4. The van der Waals surface area contributed by atoms with Crippen molar-refractivity contribution in [3.8, 4) is 0 Å². The third-order valence-electron chi connectivity index (χ3n) is 3.82. The first kappa shape index (κ1) is 17.3. The Bertz CT molecular complexity index is 587. The summed E-state index contributed by atoms with van der Waals surface area (Å²) in [6, 6.07) is 3.32. The molecule has 2 N–H and O–H groups in total. The zero-order valence-electron chi connectivity index (χ0n) is 12.4. The number of rotatable bonds is 2. The number of alkyl halides is 3. The first-order valence-corrected chi connectivity index (χ1v) is 7.10. The number of piperidine rings is 1. The molecule has 1 aliphatic rings. The summed E-state index contributed by atoms with van der Waals surface area (Å²) < 4.78 is 37.4. The van der Waals surface area contributed by atoms with E-state index in [4.69, 9.17) is 0 Å². The van der Waals surface area contributed by atoms with Gasteiger partial charge in [0.25, 0.3) is 5.91 Å². The molecular formula is C15H17F3N2O3. The lowest BCUT2D eigenvalue weighted by molar-refractivity contribution is -0.137. The first-order valence-electron chi connectivity index (χ1n) is 7.10. The van der Waals surface area contributed by atoms with Gasteiger partial charge in [-0.3, -0.25) is 9.59 Å². The summed E-state index contributed by atoms with van der Waals surface area (Å²) in [4.78, 5) is 24.8. The third kappa shape index (κ3) is 4.22. The van der Waals surface area contributed by atoms with Crippen LogP contribution in [0.5, 0.6) is 0 Å². The summed E-state index contributed by atoms with van der Waals surface area (Å²) in [6.07, 6.45) is -4.98. The maximum absolute atomic E-state index is 12.5. The lowest BCUT2D eigenvalue weighted by Gasteiger charge is -2.35. The molecular weight excluding hydrogens is 313 g/mol. The van der Waals surface area contributed by atoms with Crippen molar-refractivity contribution < 1.29 is 27.9 Å². The summed E-state index contributed by atoms with van der Waals surface area (Å²) in [6.45, 7) is 1.92. The fraction of sp³-hybridized carbons (Fsp3) is 0.467. The molecule has 2 atom stereocenters. The van der Waals surface area contributed by atoms with Gasteiger partial charge in [0.15, 0.2) is 0 Å². The number of amides is 2. The lowest BCUT2D eigenvalue weighted by Crippen LogP contribution is -2.55. The summed E-state index contributed by atoms with van der Waals surface area (Å²) in [5.74, 6) is -0.712. The molecule has 0 bridgehead atoms. The van der Waals surface area contributed by atoms with Crippen LogP contribution in [0.3, 0.4) is 0 Å². The van der Waals surface area contributed by atoms with Crippen LogP contribution in [0.1, 0.15) is 29.3 Å². The largest absolute Gasteiger partial charge is 0.416 e. The number of carbonyl (C=O) groups is 2. The molecule has 8 heteroatoms. The molecule has 0 aliphatic carbocycles. The molecule has 1 heterocycles. The second-order valence-corrected chi connectivity index (χ2v) is 5.48. The van der Waals surface area contributed by atoms with Crippen molar-refractivity contribution in [3.63, 3.8) is 0 Å².